The number of aryl methyl sites for hydroxylation is 1. The van der Waals surface area contributed by atoms with E-state index in [9.17, 15) is 0 Å². The Balaban J connectivity index is 2.41. The molecule has 20 heavy (non-hydrogen) atoms. The van der Waals surface area contributed by atoms with Crippen molar-refractivity contribution in [3.63, 3.8) is 0 Å². The number of rotatable bonds is 5. The SMILES string of the molecule is COc1cc2c(cc1OC)C(C(C)CCCl)SCCC2. The van der Waals surface area contributed by atoms with Crippen molar-refractivity contribution in [2.45, 2.75) is 31.4 Å². The Morgan fingerprint density at radius 2 is 2.00 bits per heavy atom. The minimum Gasteiger partial charge on any atom is -0.493 e. The summed E-state index contributed by atoms with van der Waals surface area (Å²) in [7, 11) is 3.40. The van der Waals surface area contributed by atoms with Gasteiger partial charge in [0.1, 0.15) is 0 Å². The molecule has 1 aliphatic rings. The van der Waals surface area contributed by atoms with E-state index in [1.807, 2.05) is 0 Å². The molecule has 2 unspecified atom stereocenters. The Morgan fingerprint density at radius 3 is 2.65 bits per heavy atom. The largest absolute Gasteiger partial charge is 0.493 e. The first-order valence-corrected chi connectivity index (χ1v) is 8.72. The fourth-order valence-corrected chi connectivity index (χ4v) is 4.55. The molecule has 2 atom stereocenters. The molecule has 0 aromatic heterocycles. The molecule has 1 aromatic carbocycles. The van der Waals surface area contributed by atoms with E-state index in [-0.39, 0.29) is 0 Å². The minimum atomic E-state index is 0.506. The smallest absolute Gasteiger partial charge is 0.161 e. The van der Waals surface area contributed by atoms with Crippen LogP contribution in [0, 0.1) is 5.92 Å². The highest BCUT2D eigenvalue weighted by atomic mass is 35.5. The predicted molar refractivity (Wildman–Crippen MR) is 87.6 cm³/mol. The highest BCUT2D eigenvalue weighted by Crippen LogP contribution is 2.45. The fourth-order valence-electron chi connectivity index (χ4n) is 2.78. The molecule has 0 radical (unpaired) electrons. The van der Waals surface area contributed by atoms with Crippen LogP contribution in [0.1, 0.15) is 36.1 Å². The van der Waals surface area contributed by atoms with Crippen LogP contribution in [0.4, 0.5) is 0 Å². The number of thioether (sulfide) groups is 1. The van der Waals surface area contributed by atoms with E-state index in [0.717, 1.165) is 30.2 Å². The van der Waals surface area contributed by atoms with Crippen molar-refractivity contribution in [2.24, 2.45) is 5.92 Å². The second-order valence-corrected chi connectivity index (χ2v) is 6.88. The van der Waals surface area contributed by atoms with Crippen molar-refractivity contribution >= 4 is 23.4 Å². The molecule has 0 saturated carbocycles. The Kier molecular flexibility index (Phi) is 5.91. The summed E-state index contributed by atoms with van der Waals surface area (Å²) in [4.78, 5) is 0. The maximum atomic E-state index is 5.94. The number of ether oxygens (including phenoxy) is 2. The number of halogens is 1. The third kappa shape index (κ3) is 3.37. The lowest BCUT2D eigenvalue weighted by molar-refractivity contribution is 0.353. The van der Waals surface area contributed by atoms with Crippen LogP contribution in [0.15, 0.2) is 12.1 Å². The van der Waals surface area contributed by atoms with E-state index in [1.165, 1.54) is 23.3 Å². The van der Waals surface area contributed by atoms with Crippen LogP contribution < -0.4 is 9.47 Å². The van der Waals surface area contributed by atoms with Crippen molar-refractivity contribution in [3.8, 4) is 11.5 Å². The molecule has 0 aliphatic carbocycles. The molecule has 0 spiro atoms. The highest BCUT2D eigenvalue weighted by molar-refractivity contribution is 7.99. The predicted octanol–water partition coefficient (Wildman–Crippen LogP) is 4.69. The van der Waals surface area contributed by atoms with Crippen molar-refractivity contribution in [2.75, 3.05) is 25.9 Å². The number of benzene rings is 1. The van der Waals surface area contributed by atoms with Gasteiger partial charge in [-0.3, -0.25) is 0 Å². The van der Waals surface area contributed by atoms with Crippen LogP contribution in [-0.2, 0) is 6.42 Å². The fraction of sp³-hybridized carbons (Fsp3) is 0.625. The zero-order valence-electron chi connectivity index (χ0n) is 12.4. The van der Waals surface area contributed by atoms with Crippen LogP contribution in [0.25, 0.3) is 0 Å². The quantitative estimate of drug-likeness (QED) is 0.735. The van der Waals surface area contributed by atoms with E-state index < -0.39 is 0 Å². The van der Waals surface area contributed by atoms with E-state index in [2.05, 4.69) is 30.8 Å². The average Bonchev–Trinajstić information content (AvgIpc) is 2.67. The van der Waals surface area contributed by atoms with Gasteiger partial charge in [0.15, 0.2) is 11.5 Å². The Morgan fingerprint density at radius 1 is 1.30 bits per heavy atom. The lowest BCUT2D eigenvalue weighted by Gasteiger charge is -2.24. The zero-order valence-corrected chi connectivity index (χ0v) is 14.0. The lowest BCUT2D eigenvalue weighted by atomic mass is 9.92. The van der Waals surface area contributed by atoms with Gasteiger partial charge in [0, 0.05) is 11.1 Å². The maximum absolute atomic E-state index is 5.94. The van der Waals surface area contributed by atoms with Crippen LogP contribution in [0.5, 0.6) is 11.5 Å². The molecule has 112 valence electrons. The third-order valence-electron chi connectivity index (χ3n) is 3.92. The highest BCUT2D eigenvalue weighted by Gasteiger charge is 2.26. The monoisotopic (exact) mass is 314 g/mol. The van der Waals surface area contributed by atoms with E-state index in [0.29, 0.717) is 11.2 Å². The molecule has 1 heterocycles. The summed E-state index contributed by atoms with van der Waals surface area (Å²) in [5.41, 5.74) is 2.81. The van der Waals surface area contributed by atoms with Crippen LogP contribution >= 0.6 is 23.4 Å². The number of hydrogen-bond donors (Lipinski definition) is 0. The average molecular weight is 315 g/mol. The van der Waals surface area contributed by atoms with Crippen molar-refractivity contribution in [1.82, 2.24) is 0 Å². The van der Waals surface area contributed by atoms with Crippen molar-refractivity contribution < 1.29 is 9.47 Å². The molecule has 4 heteroatoms. The standard InChI is InChI=1S/C16H23ClO2S/c1-11(6-7-17)16-13-10-15(19-3)14(18-2)9-12(13)5-4-8-20-16/h9-11,16H,4-8H2,1-3H3. The zero-order chi connectivity index (χ0) is 14.5. The second-order valence-electron chi connectivity index (χ2n) is 5.26. The van der Waals surface area contributed by atoms with Gasteiger partial charge in [0.25, 0.3) is 0 Å². The lowest BCUT2D eigenvalue weighted by Crippen LogP contribution is -2.09. The molecule has 0 bridgehead atoms. The Labute approximate surface area is 131 Å². The molecular weight excluding hydrogens is 292 g/mol. The molecule has 1 aliphatic heterocycles. The van der Waals surface area contributed by atoms with Gasteiger partial charge < -0.3 is 9.47 Å². The molecule has 0 fully saturated rings. The number of alkyl halides is 1. The van der Waals surface area contributed by atoms with Gasteiger partial charge in [0.05, 0.1) is 14.2 Å². The maximum Gasteiger partial charge on any atom is 0.161 e. The number of methoxy groups -OCH3 is 2. The first-order valence-electron chi connectivity index (χ1n) is 7.13. The first kappa shape index (κ1) is 15.8. The second kappa shape index (κ2) is 7.46. The summed E-state index contributed by atoms with van der Waals surface area (Å²) in [6.07, 6.45) is 3.39. The summed E-state index contributed by atoms with van der Waals surface area (Å²) < 4.78 is 10.9. The molecular formula is C16H23ClO2S. The molecule has 0 N–H and O–H groups in total. The summed E-state index contributed by atoms with van der Waals surface area (Å²) in [5.74, 6) is 4.17. The van der Waals surface area contributed by atoms with Gasteiger partial charge >= 0.3 is 0 Å². The summed E-state index contributed by atoms with van der Waals surface area (Å²) in [6.45, 7) is 2.30. The third-order valence-corrected chi connectivity index (χ3v) is 5.74. The summed E-state index contributed by atoms with van der Waals surface area (Å²) in [5, 5.41) is 0.506. The number of fused-ring (bicyclic) bond motifs is 1. The molecule has 2 nitrogen and oxygen atoms in total. The van der Waals surface area contributed by atoms with Crippen LogP contribution in [0.3, 0.4) is 0 Å². The van der Waals surface area contributed by atoms with Crippen molar-refractivity contribution in [1.29, 1.82) is 0 Å². The molecule has 0 saturated heterocycles. The van der Waals surface area contributed by atoms with Gasteiger partial charge in [-0.2, -0.15) is 11.8 Å². The molecule has 0 amide bonds. The van der Waals surface area contributed by atoms with Gasteiger partial charge in [-0.15, -0.1) is 11.6 Å². The van der Waals surface area contributed by atoms with E-state index in [4.69, 9.17) is 21.1 Å². The van der Waals surface area contributed by atoms with Crippen LogP contribution in [-0.4, -0.2) is 25.9 Å². The summed E-state index contributed by atoms with van der Waals surface area (Å²) >= 11 is 7.99. The molecule has 2 rings (SSSR count). The van der Waals surface area contributed by atoms with Gasteiger partial charge in [-0.05, 0) is 54.2 Å². The van der Waals surface area contributed by atoms with E-state index in [1.54, 1.807) is 14.2 Å². The first-order chi connectivity index (χ1) is 9.71. The van der Waals surface area contributed by atoms with Crippen molar-refractivity contribution in [3.05, 3.63) is 23.3 Å². The summed E-state index contributed by atoms with van der Waals surface area (Å²) in [6, 6.07) is 4.32. The topological polar surface area (TPSA) is 18.5 Å². The minimum absolute atomic E-state index is 0.506. The Hall–Kier alpha value is -0.540. The van der Waals surface area contributed by atoms with E-state index >= 15 is 0 Å². The van der Waals surface area contributed by atoms with Gasteiger partial charge in [0.2, 0.25) is 0 Å². The number of hydrogen-bond acceptors (Lipinski definition) is 3. The van der Waals surface area contributed by atoms with Gasteiger partial charge in [-0.25, -0.2) is 0 Å². The van der Waals surface area contributed by atoms with Crippen LogP contribution in [0.2, 0.25) is 0 Å². The van der Waals surface area contributed by atoms with Gasteiger partial charge in [-0.1, -0.05) is 6.92 Å². The molecule has 1 aromatic rings. The normalized spacial score (nSPS) is 19.9. The Bertz CT molecular complexity index is 450.